The Kier molecular flexibility index (Phi) is 5.95. The summed E-state index contributed by atoms with van der Waals surface area (Å²) >= 11 is 0. The van der Waals surface area contributed by atoms with E-state index in [9.17, 15) is 4.79 Å². The highest BCUT2D eigenvalue weighted by atomic mass is 16.1. The van der Waals surface area contributed by atoms with Gasteiger partial charge >= 0.3 is 0 Å². The summed E-state index contributed by atoms with van der Waals surface area (Å²) in [4.78, 5) is 16.8. The van der Waals surface area contributed by atoms with E-state index in [4.69, 9.17) is 0 Å². The molecule has 132 valence electrons. The van der Waals surface area contributed by atoms with Crippen molar-refractivity contribution in [3.05, 3.63) is 53.7 Å². The molecule has 25 heavy (non-hydrogen) atoms. The maximum atomic E-state index is 12.2. The van der Waals surface area contributed by atoms with E-state index in [1.54, 1.807) is 6.07 Å². The van der Waals surface area contributed by atoms with Crippen LogP contribution in [-0.2, 0) is 6.42 Å². The molecule has 2 heterocycles. The molecule has 1 aromatic carbocycles. The summed E-state index contributed by atoms with van der Waals surface area (Å²) in [6, 6.07) is 13.7. The monoisotopic (exact) mass is 339 g/mol. The molecule has 3 rings (SSSR count). The molecule has 6 nitrogen and oxygen atoms in total. The first-order chi connectivity index (χ1) is 12.3. The zero-order valence-electron chi connectivity index (χ0n) is 14.7. The van der Waals surface area contributed by atoms with Crippen LogP contribution in [0.1, 0.15) is 23.0 Å². The van der Waals surface area contributed by atoms with Gasteiger partial charge in [0.1, 0.15) is 0 Å². The van der Waals surface area contributed by atoms with Gasteiger partial charge in [-0.25, -0.2) is 0 Å². The number of piperazine rings is 1. The molecule has 1 saturated heterocycles. The van der Waals surface area contributed by atoms with Crippen LogP contribution in [0.2, 0.25) is 0 Å². The molecule has 0 saturated carbocycles. The minimum Gasteiger partial charge on any atom is -0.353 e. The summed E-state index contributed by atoms with van der Waals surface area (Å²) in [5.74, 6) is 0.669. The summed E-state index contributed by atoms with van der Waals surface area (Å²) in [5.41, 5.74) is 1.57. The number of likely N-dealkylation sites (N-methyl/N-ethyl adjacent to an activating group) is 1. The van der Waals surface area contributed by atoms with Crippen LogP contribution >= 0.6 is 0 Å². The maximum absolute atomic E-state index is 12.2. The molecule has 1 fully saturated rings. The Balaban J connectivity index is 1.49. The van der Waals surface area contributed by atoms with Gasteiger partial charge in [0.2, 0.25) is 0 Å². The Bertz CT molecular complexity index is 666. The Morgan fingerprint density at radius 3 is 2.44 bits per heavy atom. The van der Waals surface area contributed by atoms with Crippen LogP contribution in [-0.4, -0.2) is 60.3 Å². The summed E-state index contributed by atoms with van der Waals surface area (Å²) in [7, 11) is 0. The summed E-state index contributed by atoms with van der Waals surface area (Å²) in [5, 5.41) is 11.2. The van der Waals surface area contributed by atoms with Crippen LogP contribution in [0.4, 0.5) is 5.82 Å². The lowest BCUT2D eigenvalue weighted by Crippen LogP contribution is -2.46. The van der Waals surface area contributed by atoms with Crippen molar-refractivity contribution in [1.82, 2.24) is 20.4 Å². The molecule has 0 atom stereocenters. The second-order valence-corrected chi connectivity index (χ2v) is 6.19. The molecule has 0 unspecified atom stereocenters. The van der Waals surface area contributed by atoms with Crippen molar-refractivity contribution < 1.29 is 4.79 Å². The first-order valence-corrected chi connectivity index (χ1v) is 8.89. The van der Waals surface area contributed by atoms with Crippen molar-refractivity contribution in [3.8, 4) is 0 Å². The van der Waals surface area contributed by atoms with E-state index in [-0.39, 0.29) is 5.91 Å². The molecule has 0 bridgehead atoms. The molecule has 1 aliphatic rings. The molecule has 1 amide bonds. The maximum Gasteiger partial charge on any atom is 0.271 e. The first-order valence-electron chi connectivity index (χ1n) is 8.89. The number of aromatic nitrogens is 2. The lowest BCUT2D eigenvalue weighted by Gasteiger charge is -2.34. The molecule has 0 aliphatic carbocycles. The molecule has 6 heteroatoms. The zero-order chi connectivity index (χ0) is 17.5. The van der Waals surface area contributed by atoms with Crippen LogP contribution in [0.5, 0.6) is 0 Å². The number of benzene rings is 1. The van der Waals surface area contributed by atoms with E-state index < -0.39 is 0 Å². The van der Waals surface area contributed by atoms with Crippen molar-refractivity contribution >= 4 is 11.7 Å². The average Bonchev–Trinajstić information content (AvgIpc) is 2.69. The topological polar surface area (TPSA) is 61.4 Å². The summed E-state index contributed by atoms with van der Waals surface area (Å²) in [6.45, 7) is 7.84. The Morgan fingerprint density at radius 2 is 1.80 bits per heavy atom. The molecule has 0 spiro atoms. The zero-order valence-corrected chi connectivity index (χ0v) is 14.7. The fourth-order valence-corrected chi connectivity index (χ4v) is 2.96. The van der Waals surface area contributed by atoms with Crippen LogP contribution in [0, 0.1) is 0 Å². The number of amides is 1. The largest absolute Gasteiger partial charge is 0.353 e. The standard InChI is InChI=1S/C19H25N5O/c1-2-23-12-14-24(15-13-23)18-9-8-17(21-22-18)19(25)20-11-10-16-6-4-3-5-7-16/h3-9H,2,10-15H2,1H3,(H,20,25). The highest BCUT2D eigenvalue weighted by Gasteiger charge is 2.17. The van der Waals surface area contributed by atoms with Crippen molar-refractivity contribution in [2.75, 3.05) is 44.2 Å². The number of nitrogens with zero attached hydrogens (tertiary/aromatic N) is 4. The van der Waals surface area contributed by atoms with Crippen LogP contribution < -0.4 is 10.2 Å². The van der Waals surface area contributed by atoms with Crippen LogP contribution in [0.3, 0.4) is 0 Å². The van der Waals surface area contributed by atoms with E-state index in [0.29, 0.717) is 12.2 Å². The van der Waals surface area contributed by atoms with Crippen molar-refractivity contribution in [2.45, 2.75) is 13.3 Å². The minimum absolute atomic E-state index is 0.175. The van der Waals surface area contributed by atoms with Gasteiger partial charge in [0.25, 0.3) is 5.91 Å². The number of anilines is 1. The quantitative estimate of drug-likeness (QED) is 0.866. The number of hydrogen-bond acceptors (Lipinski definition) is 5. The molecule has 1 aliphatic heterocycles. The SMILES string of the molecule is CCN1CCN(c2ccc(C(=O)NCCc3ccccc3)nn2)CC1. The van der Waals surface area contributed by atoms with E-state index in [0.717, 1.165) is 45.0 Å². The summed E-state index contributed by atoms with van der Waals surface area (Å²) in [6.07, 6.45) is 0.805. The van der Waals surface area contributed by atoms with Crippen LogP contribution in [0.15, 0.2) is 42.5 Å². The molecule has 1 aromatic heterocycles. The van der Waals surface area contributed by atoms with E-state index in [1.807, 2.05) is 24.3 Å². The van der Waals surface area contributed by atoms with Crippen LogP contribution in [0.25, 0.3) is 0 Å². The van der Waals surface area contributed by atoms with Gasteiger partial charge in [0.15, 0.2) is 11.5 Å². The number of hydrogen-bond donors (Lipinski definition) is 1. The fourth-order valence-electron chi connectivity index (χ4n) is 2.96. The lowest BCUT2D eigenvalue weighted by atomic mass is 10.1. The van der Waals surface area contributed by atoms with Gasteiger partial charge in [-0.05, 0) is 30.7 Å². The number of nitrogens with one attached hydrogen (secondary N) is 1. The van der Waals surface area contributed by atoms with Crippen molar-refractivity contribution in [1.29, 1.82) is 0 Å². The van der Waals surface area contributed by atoms with Gasteiger partial charge in [-0.1, -0.05) is 37.3 Å². The third kappa shape index (κ3) is 4.76. The van der Waals surface area contributed by atoms with Gasteiger partial charge < -0.3 is 15.1 Å². The summed E-state index contributed by atoms with van der Waals surface area (Å²) < 4.78 is 0. The normalized spacial score (nSPS) is 15.2. The van der Waals surface area contributed by atoms with Gasteiger partial charge in [-0.15, -0.1) is 10.2 Å². The smallest absolute Gasteiger partial charge is 0.271 e. The number of carbonyl (C=O) groups is 1. The number of rotatable bonds is 6. The number of carbonyl (C=O) groups excluding carboxylic acids is 1. The second-order valence-electron chi connectivity index (χ2n) is 6.19. The molecule has 2 aromatic rings. The highest BCUT2D eigenvalue weighted by molar-refractivity contribution is 5.92. The van der Waals surface area contributed by atoms with Gasteiger partial charge in [0, 0.05) is 32.7 Å². The third-order valence-corrected chi connectivity index (χ3v) is 4.57. The molecule has 1 N–H and O–H groups in total. The van der Waals surface area contributed by atoms with E-state index in [1.165, 1.54) is 5.56 Å². The second kappa shape index (κ2) is 8.58. The van der Waals surface area contributed by atoms with Crippen molar-refractivity contribution in [3.63, 3.8) is 0 Å². The van der Waals surface area contributed by atoms with Gasteiger partial charge in [-0.2, -0.15) is 0 Å². The predicted molar refractivity (Wildman–Crippen MR) is 98.8 cm³/mol. The third-order valence-electron chi connectivity index (χ3n) is 4.57. The van der Waals surface area contributed by atoms with Crippen molar-refractivity contribution in [2.24, 2.45) is 0 Å². The predicted octanol–water partition coefficient (Wildman–Crippen LogP) is 1.59. The Labute approximate surface area is 148 Å². The van der Waals surface area contributed by atoms with Gasteiger partial charge in [-0.3, -0.25) is 4.79 Å². The van der Waals surface area contributed by atoms with Gasteiger partial charge in [0.05, 0.1) is 0 Å². The first kappa shape index (κ1) is 17.4. The Hall–Kier alpha value is -2.47. The lowest BCUT2D eigenvalue weighted by molar-refractivity contribution is 0.0948. The van der Waals surface area contributed by atoms with E-state index >= 15 is 0 Å². The molecular formula is C19H25N5O. The average molecular weight is 339 g/mol. The molecular weight excluding hydrogens is 314 g/mol. The molecule has 0 radical (unpaired) electrons. The van der Waals surface area contributed by atoms with E-state index in [2.05, 4.69) is 44.4 Å². The highest BCUT2D eigenvalue weighted by Crippen LogP contribution is 2.12. The minimum atomic E-state index is -0.175. The Morgan fingerprint density at radius 1 is 1.04 bits per heavy atom. The fraction of sp³-hybridized carbons (Fsp3) is 0.421.